The summed E-state index contributed by atoms with van der Waals surface area (Å²) in [7, 11) is 0. The molecule has 1 atom stereocenters. The Morgan fingerprint density at radius 2 is 2.25 bits per heavy atom. The molecule has 2 N–H and O–H groups in total. The van der Waals surface area contributed by atoms with E-state index in [1.807, 2.05) is 28.8 Å². The molecule has 110 valence electrons. The first-order valence-corrected chi connectivity index (χ1v) is 7.95. The molecule has 0 saturated carbocycles. The third-order valence-corrected chi connectivity index (χ3v) is 4.37. The Balaban J connectivity index is 1.84. The summed E-state index contributed by atoms with van der Waals surface area (Å²) in [4.78, 5) is 0. The molecule has 0 amide bonds. The van der Waals surface area contributed by atoms with Crippen LogP contribution in [0.1, 0.15) is 26.7 Å². The topological polar surface area (TPSA) is 62.5 Å². The van der Waals surface area contributed by atoms with Gasteiger partial charge >= 0.3 is 0 Å². The van der Waals surface area contributed by atoms with Crippen molar-refractivity contribution in [3.05, 3.63) is 24.4 Å². The molecule has 0 aliphatic heterocycles. The zero-order valence-corrected chi connectivity index (χ0v) is 12.9. The maximum Gasteiger partial charge on any atom is 0.195 e. The molecule has 2 heterocycles. The van der Waals surface area contributed by atoms with Gasteiger partial charge in [0.15, 0.2) is 10.8 Å². The number of rotatable bonds is 8. The highest BCUT2D eigenvalue weighted by atomic mass is 32.2. The van der Waals surface area contributed by atoms with Gasteiger partial charge in [-0.15, -0.1) is 10.2 Å². The van der Waals surface area contributed by atoms with Gasteiger partial charge in [-0.25, -0.2) is 0 Å². The number of aromatic nitrogens is 3. The molecule has 2 aromatic heterocycles. The van der Waals surface area contributed by atoms with Gasteiger partial charge in [0, 0.05) is 17.5 Å². The number of aliphatic hydroxyl groups excluding tert-OH is 1. The SMILES string of the molecule is CCNC(C)(CO)CCCSc1nnc2ccccn12. The van der Waals surface area contributed by atoms with Crippen LogP contribution in [0.2, 0.25) is 0 Å². The van der Waals surface area contributed by atoms with Crippen molar-refractivity contribution in [2.75, 3.05) is 18.9 Å². The molecule has 0 aliphatic rings. The molecule has 5 nitrogen and oxygen atoms in total. The fourth-order valence-corrected chi connectivity index (χ4v) is 3.06. The van der Waals surface area contributed by atoms with Crippen molar-refractivity contribution in [3.63, 3.8) is 0 Å². The molecule has 0 saturated heterocycles. The van der Waals surface area contributed by atoms with Crippen LogP contribution in [0.25, 0.3) is 5.65 Å². The van der Waals surface area contributed by atoms with E-state index in [-0.39, 0.29) is 12.1 Å². The van der Waals surface area contributed by atoms with Crippen molar-refractivity contribution in [3.8, 4) is 0 Å². The number of fused-ring (bicyclic) bond motifs is 1. The van der Waals surface area contributed by atoms with E-state index in [4.69, 9.17) is 0 Å². The van der Waals surface area contributed by atoms with Crippen LogP contribution in [0.4, 0.5) is 0 Å². The minimum Gasteiger partial charge on any atom is -0.394 e. The van der Waals surface area contributed by atoms with Gasteiger partial charge < -0.3 is 10.4 Å². The molecule has 0 spiro atoms. The van der Waals surface area contributed by atoms with Crippen molar-refractivity contribution >= 4 is 17.4 Å². The van der Waals surface area contributed by atoms with Gasteiger partial charge in [0.05, 0.1) is 6.61 Å². The summed E-state index contributed by atoms with van der Waals surface area (Å²) in [6, 6.07) is 5.89. The molecule has 20 heavy (non-hydrogen) atoms. The first-order valence-electron chi connectivity index (χ1n) is 6.97. The number of nitrogens with zero attached hydrogens (tertiary/aromatic N) is 3. The van der Waals surface area contributed by atoms with E-state index in [1.165, 1.54) is 0 Å². The third kappa shape index (κ3) is 3.71. The molecule has 2 rings (SSSR count). The molecule has 0 bridgehead atoms. The standard InChI is InChI=1S/C14H22N4OS/c1-3-15-14(2,11-19)8-6-10-20-13-17-16-12-7-4-5-9-18(12)13/h4-5,7,9,15,19H,3,6,8,10-11H2,1-2H3. The van der Waals surface area contributed by atoms with E-state index >= 15 is 0 Å². The Labute approximate surface area is 123 Å². The maximum absolute atomic E-state index is 9.45. The summed E-state index contributed by atoms with van der Waals surface area (Å²) in [6.45, 7) is 5.16. The monoisotopic (exact) mass is 294 g/mol. The normalized spacial score (nSPS) is 14.6. The second-order valence-electron chi connectivity index (χ2n) is 5.11. The highest BCUT2D eigenvalue weighted by Crippen LogP contribution is 2.20. The quantitative estimate of drug-likeness (QED) is 0.576. The van der Waals surface area contributed by atoms with E-state index < -0.39 is 0 Å². The van der Waals surface area contributed by atoms with E-state index in [1.54, 1.807) is 11.8 Å². The Morgan fingerprint density at radius 3 is 3.00 bits per heavy atom. The Morgan fingerprint density at radius 1 is 1.40 bits per heavy atom. The Hall–Kier alpha value is -1.11. The maximum atomic E-state index is 9.45. The van der Waals surface area contributed by atoms with Crippen LogP contribution in [-0.2, 0) is 0 Å². The summed E-state index contributed by atoms with van der Waals surface area (Å²) >= 11 is 1.71. The fraction of sp³-hybridized carbons (Fsp3) is 0.571. The van der Waals surface area contributed by atoms with E-state index in [2.05, 4.69) is 29.4 Å². The van der Waals surface area contributed by atoms with Crippen LogP contribution in [0.3, 0.4) is 0 Å². The van der Waals surface area contributed by atoms with Gasteiger partial charge in [-0.3, -0.25) is 4.40 Å². The predicted molar refractivity (Wildman–Crippen MR) is 82.1 cm³/mol. The molecular weight excluding hydrogens is 272 g/mol. The van der Waals surface area contributed by atoms with Gasteiger partial charge in [0.2, 0.25) is 0 Å². The van der Waals surface area contributed by atoms with Crippen molar-refractivity contribution in [2.45, 2.75) is 37.4 Å². The second-order valence-corrected chi connectivity index (χ2v) is 6.17. The smallest absolute Gasteiger partial charge is 0.195 e. The minimum absolute atomic E-state index is 0.166. The molecule has 0 aliphatic carbocycles. The first-order chi connectivity index (χ1) is 9.68. The van der Waals surface area contributed by atoms with Crippen molar-refractivity contribution in [2.24, 2.45) is 0 Å². The molecular formula is C14H22N4OS. The number of hydrogen-bond acceptors (Lipinski definition) is 5. The molecule has 0 radical (unpaired) electrons. The fourth-order valence-electron chi connectivity index (χ4n) is 2.19. The Kier molecular flexibility index (Phi) is 5.39. The van der Waals surface area contributed by atoms with Crippen LogP contribution in [-0.4, -0.2) is 44.1 Å². The lowest BCUT2D eigenvalue weighted by molar-refractivity contribution is 0.167. The molecule has 0 fully saturated rings. The first kappa shape index (κ1) is 15.3. The largest absolute Gasteiger partial charge is 0.394 e. The average Bonchev–Trinajstić information content (AvgIpc) is 2.87. The van der Waals surface area contributed by atoms with Gasteiger partial charge in [-0.1, -0.05) is 24.8 Å². The van der Waals surface area contributed by atoms with Crippen molar-refractivity contribution in [1.29, 1.82) is 0 Å². The van der Waals surface area contributed by atoms with Gasteiger partial charge in [-0.2, -0.15) is 0 Å². The van der Waals surface area contributed by atoms with E-state index in [0.29, 0.717) is 0 Å². The zero-order chi connectivity index (χ0) is 14.4. The van der Waals surface area contributed by atoms with Crippen LogP contribution in [0.5, 0.6) is 0 Å². The number of thioether (sulfide) groups is 1. The second kappa shape index (κ2) is 7.06. The van der Waals surface area contributed by atoms with Crippen LogP contribution in [0.15, 0.2) is 29.6 Å². The zero-order valence-electron chi connectivity index (χ0n) is 12.0. The van der Waals surface area contributed by atoms with E-state index in [0.717, 1.165) is 35.9 Å². The summed E-state index contributed by atoms with van der Waals surface area (Å²) in [5, 5.41) is 22.0. The number of pyridine rings is 1. The van der Waals surface area contributed by atoms with Gasteiger partial charge in [0.1, 0.15) is 0 Å². The lowest BCUT2D eigenvalue weighted by atomic mass is 9.97. The molecule has 1 unspecified atom stereocenters. The van der Waals surface area contributed by atoms with Crippen LogP contribution >= 0.6 is 11.8 Å². The third-order valence-electron chi connectivity index (χ3n) is 3.34. The van der Waals surface area contributed by atoms with Crippen LogP contribution < -0.4 is 5.32 Å². The number of likely N-dealkylation sites (N-methyl/N-ethyl adjacent to an activating group) is 1. The number of nitrogens with one attached hydrogen (secondary N) is 1. The summed E-state index contributed by atoms with van der Waals surface area (Å²) < 4.78 is 2.00. The molecule has 0 aromatic carbocycles. The van der Waals surface area contributed by atoms with E-state index in [9.17, 15) is 5.11 Å². The van der Waals surface area contributed by atoms with Crippen molar-refractivity contribution in [1.82, 2.24) is 19.9 Å². The number of hydrogen-bond donors (Lipinski definition) is 2. The Bertz CT molecular complexity index is 545. The number of aliphatic hydroxyl groups is 1. The predicted octanol–water partition coefficient (Wildman–Crippen LogP) is 1.96. The summed E-state index contributed by atoms with van der Waals surface area (Å²) in [5.41, 5.74) is 0.699. The van der Waals surface area contributed by atoms with Gasteiger partial charge in [0.25, 0.3) is 0 Å². The van der Waals surface area contributed by atoms with Gasteiger partial charge in [-0.05, 0) is 38.4 Å². The summed E-state index contributed by atoms with van der Waals surface area (Å²) in [6.07, 6.45) is 3.95. The lowest BCUT2D eigenvalue weighted by Crippen LogP contribution is -2.45. The summed E-state index contributed by atoms with van der Waals surface area (Å²) in [5.74, 6) is 0.969. The van der Waals surface area contributed by atoms with Crippen molar-refractivity contribution < 1.29 is 5.11 Å². The molecule has 2 aromatic rings. The highest BCUT2D eigenvalue weighted by Gasteiger charge is 2.21. The highest BCUT2D eigenvalue weighted by molar-refractivity contribution is 7.99. The lowest BCUT2D eigenvalue weighted by Gasteiger charge is -2.28. The molecule has 6 heteroatoms. The minimum atomic E-state index is -0.178. The average molecular weight is 294 g/mol. The van der Waals surface area contributed by atoms with Crippen LogP contribution in [0, 0.1) is 0 Å².